The number of primary amides is 1. The Hall–Kier alpha value is -3.60. The van der Waals surface area contributed by atoms with Crippen molar-refractivity contribution in [1.29, 1.82) is 10.5 Å². The Labute approximate surface area is 222 Å². The summed E-state index contributed by atoms with van der Waals surface area (Å²) in [6.45, 7) is 6.98. The van der Waals surface area contributed by atoms with Crippen molar-refractivity contribution >= 4 is 29.5 Å². The van der Waals surface area contributed by atoms with Crippen LogP contribution in [0.15, 0.2) is 35.4 Å². The first-order valence-corrected chi connectivity index (χ1v) is 13.2. The van der Waals surface area contributed by atoms with Crippen molar-refractivity contribution in [2.45, 2.75) is 62.8 Å². The van der Waals surface area contributed by atoms with Crippen LogP contribution in [-0.4, -0.2) is 42.6 Å². The summed E-state index contributed by atoms with van der Waals surface area (Å²) in [5.41, 5.74) is 12.9. The molecule has 2 heterocycles. The predicted molar refractivity (Wildman–Crippen MR) is 144 cm³/mol. The first-order chi connectivity index (χ1) is 17.8. The summed E-state index contributed by atoms with van der Waals surface area (Å²) < 4.78 is 5.34. The Balaban J connectivity index is 0.00000153. The molecule has 1 aliphatic rings. The van der Waals surface area contributed by atoms with Crippen molar-refractivity contribution in [1.82, 2.24) is 4.98 Å². The number of piperidine rings is 1. The van der Waals surface area contributed by atoms with E-state index in [1.54, 1.807) is 12.1 Å². The molecule has 1 aromatic carbocycles. The number of ether oxygens (including phenoxy) is 1. The van der Waals surface area contributed by atoms with Gasteiger partial charge in [-0.1, -0.05) is 69.3 Å². The molecule has 1 aromatic heterocycles. The van der Waals surface area contributed by atoms with Crippen LogP contribution in [0.2, 0.25) is 0 Å². The zero-order valence-electron chi connectivity index (χ0n) is 21.6. The monoisotopic (exact) mass is 522 g/mol. The number of aromatic nitrogens is 1. The normalized spacial score (nSPS) is 13.9. The van der Waals surface area contributed by atoms with Gasteiger partial charge < -0.3 is 21.1 Å². The molecule has 0 aliphatic carbocycles. The fraction of sp³-hybridized carbons (Fsp3) is 0.444. The summed E-state index contributed by atoms with van der Waals surface area (Å²) in [5.74, 6) is -0.535. The lowest BCUT2D eigenvalue weighted by Gasteiger charge is -2.33. The third-order valence-corrected chi connectivity index (χ3v) is 6.88. The number of hydrogen-bond acceptors (Lipinski definition) is 9. The lowest BCUT2D eigenvalue weighted by molar-refractivity contribution is -0.148. The van der Waals surface area contributed by atoms with Crippen LogP contribution in [0.5, 0.6) is 0 Å². The van der Waals surface area contributed by atoms with E-state index in [0.29, 0.717) is 59.9 Å². The second-order valence-corrected chi connectivity index (χ2v) is 9.54. The molecule has 1 amide bonds. The van der Waals surface area contributed by atoms with E-state index >= 15 is 0 Å². The van der Waals surface area contributed by atoms with Gasteiger partial charge in [0.1, 0.15) is 34.3 Å². The number of esters is 1. The van der Waals surface area contributed by atoms with Crippen LogP contribution >= 0.6 is 11.8 Å². The minimum absolute atomic E-state index is 0.168. The number of nitrogens with two attached hydrogens (primary N) is 2. The van der Waals surface area contributed by atoms with Gasteiger partial charge in [-0.25, -0.2) is 4.98 Å². The van der Waals surface area contributed by atoms with E-state index in [-0.39, 0.29) is 18.2 Å². The molecule has 0 spiro atoms. The van der Waals surface area contributed by atoms with Gasteiger partial charge in [-0.3, -0.25) is 9.59 Å². The summed E-state index contributed by atoms with van der Waals surface area (Å²) in [7, 11) is 0. The number of benzene rings is 1. The standard InChI is InChI=1S/C24H26N6O3S.C3H8/c1-2-17-18(12-25)23(30-10-8-16(9-11-30)33-20(31)14-27)29-24(19(17)13-26)34-21(22(28)32)15-6-4-3-5-7-15;1-3-2/h3-7,16,21H,2,8-11,14,27H2,1H3,(H2,28,32);3H2,1-2H3. The molecule has 1 unspecified atom stereocenters. The van der Waals surface area contributed by atoms with E-state index in [1.807, 2.05) is 30.0 Å². The summed E-state index contributed by atoms with van der Waals surface area (Å²) in [4.78, 5) is 30.5. The number of nitriles is 2. The van der Waals surface area contributed by atoms with E-state index in [4.69, 9.17) is 21.2 Å². The Morgan fingerprint density at radius 2 is 1.73 bits per heavy atom. The highest BCUT2D eigenvalue weighted by molar-refractivity contribution is 8.00. The molecule has 1 fully saturated rings. The highest BCUT2D eigenvalue weighted by Crippen LogP contribution is 2.40. The number of rotatable bonds is 8. The third kappa shape index (κ3) is 7.69. The number of nitrogens with zero attached hydrogens (tertiary/aromatic N) is 4. The van der Waals surface area contributed by atoms with Crippen LogP contribution in [0.25, 0.3) is 0 Å². The molecule has 0 saturated carbocycles. The first kappa shape index (κ1) is 29.6. The summed E-state index contributed by atoms with van der Waals surface area (Å²) in [6.07, 6.45) is 2.59. The Kier molecular flexibility index (Phi) is 11.9. The highest BCUT2D eigenvalue weighted by Gasteiger charge is 2.29. The molecule has 0 bridgehead atoms. The molecular formula is C27H34N6O3S. The second kappa shape index (κ2) is 14.8. The third-order valence-electron chi connectivity index (χ3n) is 5.62. The molecule has 9 nitrogen and oxygen atoms in total. The van der Waals surface area contributed by atoms with Crippen LogP contribution in [0.1, 0.15) is 67.5 Å². The van der Waals surface area contributed by atoms with Gasteiger partial charge in [-0.15, -0.1) is 0 Å². The molecule has 10 heteroatoms. The van der Waals surface area contributed by atoms with Gasteiger partial charge in [0.05, 0.1) is 17.7 Å². The molecule has 3 rings (SSSR count). The number of anilines is 1. The molecule has 37 heavy (non-hydrogen) atoms. The molecule has 0 radical (unpaired) electrons. The van der Waals surface area contributed by atoms with Gasteiger partial charge >= 0.3 is 5.97 Å². The average Bonchev–Trinajstić information content (AvgIpc) is 2.91. The van der Waals surface area contributed by atoms with Crippen LogP contribution in [0.3, 0.4) is 0 Å². The maximum Gasteiger partial charge on any atom is 0.319 e. The molecule has 1 saturated heterocycles. The highest BCUT2D eigenvalue weighted by atomic mass is 32.2. The SMILES string of the molecule is CCC.CCc1c(C#N)c(SC(C(N)=O)c2ccccc2)nc(N2CCC(OC(=O)CN)CC2)c1C#N. The largest absolute Gasteiger partial charge is 0.461 e. The van der Waals surface area contributed by atoms with Crippen LogP contribution < -0.4 is 16.4 Å². The molecule has 1 aliphatic heterocycles. The molecule has 2 aromatic rings. The van der Waals surface area contributed by atoms with Gasteiger partial charge in [0, 0.05) is 25.9 Å². The van der Waals surface area contributed by atoms with E-state index in [1.165, 1.54) is 6.42 Å². The van der Waals surface area contributed by atoms with Crippen LogP contribution in [0, 0.1) is 22.7 Å². The van der Waals surface area contributed by atoms with E-state index in [0.717, 1.165) is 11.8 Å². The zero-order chi connectivity index (χ0) is 27.4. The van der Waals surface area contributed by atoms with E-state index < -0.39 is 17.1 Å². The number of amides is 1. The number of carbonyl (C=O) groups is 2. The quantitative estimate of drug-likeness (QED) is 0.390. The molecule has 196 valence electrons. The Morgan fingerprint density at radius 1 is 1.14 bits per heavy atom. The van der Waals surface area contributed by atoms with Crippen molar-refractivity contribution in [3.63, 3.8) is 0 Å². The number of hydrogen-bond donors (Lipinski definition) is 2. The number of thioether (sulfide) groups is 1. The van der Waals surface area contributed by atoms with Gasteiger partial charge in [0.25, 0.3) is 0 Å². The summed E-state index contributed by atoms with van der Waals surface area (Å²) in [5, 5.41) is 19.5. The molecular weight excluding hydrogens is 488 g/mol. The van der Waals surface area contributed by atoms with E-state index in [2.05, 4.69) is 26.0 Å². The molecule has 4 N–H and O–H groups in total. The first-order valence-electron chi connectivity index (χ1n) is 12.4. The van der Waals surface area contributed by atoms with Gasteiger partial charge in [-0.05, 0) is 17.5 Å². The van der Waals surface area contributed by atoms with Gasteiger partial charge in [0.2, 0.25) is 5.91 Å². The summed E-state index contributed by atoms with van der Waals surface area (Å²) >= 11 is 1.11. The average molecular weight is 523 g/mol. The Morgan fingerprint density at radius 3 is 2.22 bits per heavy atom. The zero-order valence-corrected chi connectivity index (χ0v) is 22.4. The van der Waals surface area contributed by atoms with Crippen molar-refractivity contribution in [3.05, 3.63) is 52.6 Å². The fourth-order valence-corrected chi connectivity index (χ4v) is 5.01. The maximum absolute atomic E-state index is 12.3. The molecule has 1 atom stereocenters. The topological polar surface area (TPSA) is 159 Å². The second-order valence-electron chi connectivity index (χ2n) is 8.44. The van der Waals surface area contributed by atoms with E-state index in [9.17, 15) is 20.1 Å². The van der Waals surface area contributed by atoms with Crippen LogP contribution in [-0.2, 0) is 20.7 Å². The fourth-order valence-electron chi connectivity index (χ4n) is 3.95. The minimum Gasteiger partial charge on any atom is -0.461 e. The summed E-state index contributed by atoms with van der Waals surface area (Å²) in [6, 6.07) is 13.5. The minimum atomic E-state index is -0.743. The van der Waals surface area contributed by atoms with Crippen molar-refractivity contribution in [3.8, 4) is 12.1 Å². The lowest BCUT2D eigenvalue weighted by atomic mass is 10.0. The number of carbonyl (C=O) groups excluding carboxylic acids is 2. The van der Waals surface area contributed by atoms with Gasteiger partial charge in [0.15, 0.2) is 0 Å². The van der Waals surface area contributed by atoms with Gasteiger partial charge in [-0.2, -0.15) is 10.5 Å². The maximum atomic E-state index is 12.3. The predicted octanol–water partition coefficient (Wildman–Crippen LogP) is 3.59. The van der Waals surface area contributed by atoms with Crippen molar-refractivity contribution < 1.29 is 14.3 Å². The van der Waals surface area contributed by atoms with Crippen LogP contribution in [0.4, 0.5) is 5.82 Å². The lowest BCUT2D eigenvalue weighted by Crippen LogP contribution is -2.39. The number of pyridine rings is 1. The van der Waals surface area contributed by atoms with Crippen molar-refractivity contribution in [2.24, 2.45) is 11.5 Å². The Bertz CT molecular complexity index is 1150. The smallest absolute Gasteiger partial charge is 0.319 e. The van der Waals surface area contributed by atoms with Crippen molar-refractivity contribution in [2.75, 3.05) is 24.5 Å².